The maximum Gasteiger partial charge on any atom is 0.336 e. The van der Waals surface area contributed by atoms with Gasteiger partial charge in [0.2, 0.25) is 5.82 Å². The van der Waals surface area contributed by atoms with E-state index in [0.29, 0.717) is 0 Å². The molecule has 4 nitrogen and oxygen atoms in total. The number of hydrogen-bond donors (Lipinski definition) is 2. The van der Waals surface area contributed by atoms with Crippen molar-refractivity contribution in [2.45, 2.75) is 0 Å². The number of pyridine rings is 1. The molecule has 2 aromatic rings. The molecule has 0 fully saturated rings. The standard InChI is InChI=1S/C12H5F5N2O2/c13-6-5(7(14)9(16)10(17)8(6)15)4-3(12(20)21)1-2-19-11(4)18/h1-2H,(H2,18,19)(H,20,21). The van der Waals surface area contributed by atoms with Gasteiger partial charge in [-0.05, 0) is 6.07 Å². The van der Waals surface area contributed by atoms with E-state index >= 15 is 0 Å². The molecular formula is C12H5F5N2O2. The Kier molecular flexibility index (Phi) is 3.50. The lowest BCUT2D eigenvalue weighted by atomic mass is 9.99. The summed E-state index contributed by atoms with van der Waals surface area (Å²) in [4.78, 5) is 14.4. The first-order valence-corrected chi connectivity index (χ1v) is 5.27. The van der Waals surface area contributed by atoms with E-state index in [-0.39, 0.29) is 0 Å². The number of anilines is 1. The van der Waals surface area contributed by atoms with Crippen LogP contribution in [0.2, 0.25) is 0 Å². The van der Waals surface area contributed by atoms with E-state index in [1.807, 2.05) is 0 Å². The molecule has 0 aliphatic heterocycles. The van der Waals surface area contributed by atoms with Crippen LogP contribution in [0, 0.1) is 29.1 Å². The van der Waals surface area contributed by atoms with Gasteiger partial charge in [0.15, 0.2) is 23.3 Å². The zero-order valence-corrected chi connectivity index (χ0v) is 9.92. The SMILES string of the molecule is Nc1nccc(C(=O)O)c1-c1c(F)c(F)c(F)c(F)c1F. The van der Waals surface area contributed by atoms with Gasteiger partial charge in [-0.15, -0.1) is 0 Å². The fraction of sp³-hybridized carbons (Fsp3) is 0. The summed E-state index contributed by atoms with van der Waals surface area (Å²) < 4.78 is 66.8. The Hall–Kier alpha value is -2.71. The van der Waals surface area contributed by atoms with Crippen LogP contribution >= 0.6 is 0 Å². The zero-order valence-electron chi connectivity index (χ0n) is 9.92. The van der Waals surface area contributed by atoms with Crippen molar-refractivity contribution in [2.75, 3.05) is 5.73 Å². The number of rotatable bonds is 2. The molecule has 9 heteroatoms. The summed E-state index contributed by atoms with van der Waals surface area (Å²) in [5, 5.41) is 8.94. The largest absolute Gasteiger partial charge is 0.478 e. The monoisotopic (exact) mass is 304 g/mol. The molecule has 1 heterocycles. The van der Waals surface area contributed by atoms with Crippen LogP contribution in [0.3, 0.4) is 0 Å². The van der Waals surface area contributed by atoms with E-state index in [0.717, 1.165) is 12.3 Å². The highest BCUT2D eigenvalue weighted by Gasteiger charge is 2.30. The summed E-state index contributed by atoms with van der Waals surface area (Å²) in [6.45, 7) is 0. The molecule has 0 saturated carbocycles. The van der Waals surface area contributed by atoms with Crippen LogP contribution in [0.25, 0.3) is 11.1 Å². The molecule has 0 unspecified atom stereocenters. The van der Waals surface area contributed by atoms with Gasteiger partial charge in [0, 0.05) is 11.8 Å². The number of nitrogens with zero attached hydrogens (tertiary/aromatic N) is 1. The number of benzene rings is 1. The molecule has 0 aliphatic rings. The number of nitrogen functional groups attached to an aromatic ring is 1. The van der Waals surface area contributed by atoms with Crippen LogP contribution < -0.4 is 5.73 Å². The molecule has 0 aliphatic carbocycles. The molecule has 3 N–H and O–H groups in total. The number of aromatic nitrogens is 1. The van der Waals surface area contributed by atoms with Gasteiger partial charge >= 0.3 is 5.97 Å². The first-order valence-electron chi connectivity index (χ1n) is 5.27. The highest BCUT2D eigenvalue weighted by molar-refractivity contribution is 5.99. The molecule has 0 bridgehead atoms. The quantitative estimate of drug-likeness (QED) is 0.508. The third-order valence-electron chi connectivity index (χ3n) is 2.67. The third kappa shape index (κ3) is 2.16. The Morgan fingerprint density at radius 3 is 1.90 bits per heavy atom. The fourth-order valence-electron chi connectivity index (χ4n) is 1.74. The van der Waals surface area contributed by atoms with Crippen LogP contribution in [0.1, 0.15) is 10.4 Å². The summed E-state index contributed by atoms with van der Waals surface area (Å²) in [5.74, 6) is -13.5. The lowest BCUT2D eigenvalue weighted by molar-refractivity contribution is 0.0697. The summed E-state index contributed by atoms with van der Waals surface area (Å²) in [5.41, 5.74) is 2.26. The topological polar surface area (TPSA) is 76.2 Å². The molecule has 1 aromatic carbocycles. The van der Waals surface area contributed by atoms with Gasteiger partial charge in [0.25, 0.3) is 0 Å². The zero-order chi connectivity index (χ0) is 15.9. The van der Waals surface area contributed by atoms with Gasteiger partial charge < -0.3 is 10.8 Å². The van der Waals surface area contributed by atoms with Gasteiger partial charge in [0.1, 0.15) is 5.82 Å². The smallest absolute Gasteiger partial charge is 0.336 e. The third-order valence-corrected chi connectivity index (χ3v) is 2.67. The Morgan fingerprint density at radius 2 is 1.43 bits per heavy atom. The summed E-state index contributed by atoms with van der Waals surface area (Å²) >= 11 is 0. The average molecular weight is 304 g/mol. The van der Waals surface area contributed by atoms with Gasteiger partial charge in [-0.25, -0.2) is 31.7 Å². The predicted molar refractivity (Wildman–Crippen MR) is 60.8 cm³/mol. The van der Waals surface area contributed by atoms with Crippen molar-refractivity contribution in [1.82, 2.24) is 4.98 Å². The number of carboxylic acid groups (broad SMARTS) is 1. The van der Waals surface area contributed by atoms with Crippen LogP contribution in [0.15, 0.2) is 12.3 Å². The highest BCUT2D eigenvalue weighted by atomic mass is 19.2. The lowest BCUT2D eigenvalue weighted by Gasteiger charge is -2.12. The van der Waals surface area contributed by atoms with Crippen LogP contribution in [-0.2, 0) is 0 Å². The first kappa shape index (κ1) is 14.7. The van der Waals surface area contributed by atoms with Gasteiger partial charge in [-0.1, -0.05) is 0 Å². The van der Waals surface area contributed by atoms with E-state index < -0.39 is 57.6 Å². The van der Waals surface area contributed by atoms with Crippen molar-refractivity contribution in [1.29, 1.82) is 0 Å². The molecule has 0 amide bonds. The molecule has 0 atom stereocenters. The number of hydrogen-bond acceptors (Lipinski definition) is 3. The number of carboxylic acids is 1. The highest BCUT2D eigenvalue weighted by Crippen LogP contribution is 2.36. The van der Waals surface area contributed by atoms with Crippen molar-refractivity contribution in [3.8, 4) is 11.1 Å². The van der Waals surface area contributed by atoms with E-state index in [9.17, 15) is 26.7 Å². The van der Waals surface area contributed by atoms with Crippen molar-refractivity contribution >= 4 is 11.8 Å². The predicted octanol–water partition coefficient (Wildman–Crippen LogP) is 2.72. The van der Waals surface area contributed by atoms with Gasteiger partial charge in [0.05, 0.1) is 11.1 Å². The van der Waals surface area contributed by atoms with E-state index in [1.165, 1.54) is 0 Å². The molecule has 110 valence electrons. The normalized spacial score (nSPS) is 10.7. The summed E-state index contributed by atoms with van der Waals surface area (Å²) in [7, 11) is 0. The van der Waals surface area contributed by atoms with Gasteiger partial charge in [-0.3, -0.25) is 0 Å². The second-order valence-electron chi connectivity index (χ2n) is 3.87. The molecule has 0 radical (unpaired) electrons. The maximum absolute atomic E-state index is 13.7. The first-order chi connectivity index (χ1) is 9.77. The van der Waals surface area contributed by atoms with Crippen molar-refractivity contribution in [2.24, 2.45) is 0 Å². The fourth-order valence-corrected chi connectivity index (χ4v) is 1.74. The molecule has 0 spiro atoms. The number of aromatic carboxylic acids is 1. The van der Waals surface area contributed by atoms with Crippen molar-refractivity contribution in [3.63, 3.8) is 0 Å². The Balaban J connectivity index is 2.96. The number of nitrogens with two attached hydrogens (primary N) is 1. The maximum atomic E-state index is 13.7. The second kappa shape index (κ2) is 5.00. The average Bonchev–Trinajstić information content (AvgIpc) is 2.44. The minimum absolute atomic E-state index is 0.682. The van der Waals surface area contributed by atoms with E-state index in [4.69, 9.17) is 10.8 Å². The molecule has 1 aromatic heterocycles. The summed E-state index contributed by atoms with van der Waals surface area (Å²) in [6, 6.07) is 0.825. The van der Waals surface area contributed by atoms with Crippen LogP contribution in [-0.4, -0.2) is 16.1 Å². The lowest BCUT2D eigenvalue weighted by Crippen LogP contribution is -2.10. The van der Waals surface area contributed by atoms with E-state index in [1.54, 1.807) is 0 Å². The number of halogens is 5. The Morgan fingerprint density at radius 1 is 0.952 bits per heavy atom. The van der Waals surface area contributed by atoms with Crippen molar-refractivity contribution < 1.29 is 31.9 Å². The van der Waals surface area contributed by atoms with Crippen LogP contribution in [0.5, 0.6) is 0 Å². The Labute approximate surface area is 113 Å². The molecular weight excluding hydrogens is 299 g/mol. The summed E-state index contributed by atoms with van der Waals surface area (Å²) in [6.07, 6.45) is 0.925. The second-order valence-corrected chi connectivity index (χ2v) is 3.87. The number of carbonyl (C=O) groups is 1. The molecule has 2 rings (SSSR count). The molecule has 0 saturated heterocycles. The van der Waals surface area contributed by atoms with Crippen LogP contribution in [0.4, 0.5) is 27.8 Å². The van der Waals surface area contributed by atoms with Crippen molar-refractivity contribution in [3.05, 3.63) is 46.9 Å². The van der Waals surface area contributed by atoms with E-state index in [2.05, 4.69) is 4.98 Å². The minimum Gasteiger partial charge on any atom is -0.478 e. The molecule has 21 heavy (non-hydrogen) atoms. The Bertz CT molecular complexity index is 735. The minimum atomic E-state index is -2.35. The van der Waals surface area contributed by atoms with Gasteiger partial charge in [-0.2, -0.15) is 0 Å².